The zero-order valence-corrected chi connectivity index (χ0v) is 19.0. The predicted octanol–water partition coefficient (Wildman–Crippen LogP) is 6.03. The van der Waals surface area contributed by atoms with Crippen LogP contribution in [0.4, 0.5) is 18.9 Å². The third-order valence-electron chi connectivity index (χ3n) is 5.92. The van der Waals surface area contributed by atoms with Crippen molar-refractivity contribution in [2.24, 2.45) is 0 Å². The molecule has 4 rings (SSSR count). The highest BCUT2D eigenvalue weighted by Crippen LogP contribution is 2.43. The molecule has 0 bridgehead atoms. The number of hydrogen-bond donors (Lipinski definition) is 2. The van der Waals surface area contributed by atoms with Gasteiger partial charge in [0.05, 0.1) is 5.56 Å². The van der Waals surface area contributed by atoms with Crippen molar-refractivity contribution in [2.75, 3.05) is 11.6 Å². The number of hydrogen-bond acceptors (Lipinski definition) is 4. The number of thioether (sulfide) groups is 1. The molecule has 1 amide bonds. The quantitative estimate of drug-likeness (QED) is 0.533. The number of ketones is 1. The van der Waals surface area contributed by atoms with Gasteiger partial charge in [0.25, 0.3) is 5.91 Å². The highest BCUT2D eigenvalue weighted by atomic mass is 32.2. The number of rotatable bonds is 4. The number of amides is 1. The van der Waals surface area contributed by atoms with Crippen LogP contribution in [0.25, 0.3) is 0 Å². The zero-order valence-electron chi connectivity index (χ0n) is 18.2. The third-order valence-corrected chi connectivity index (χ3v) is 6.66. The lowest BCUT2D eigenvalue weighted by molar-refractivity contribution is -0.137. The van der Waals surface area contributed by atoms with Crippen LogP contribution in [0.2, 0.25) is 0 Å². The molecule has 1 heterocycles. The van der Waals surface area contributed by atoms with E-state index in [0.29, 0.717) is 29.7 Å². The lowest BCUT2D eigenvalue weighted by Gasteiger charge is -2.34. The summed E-state index contributed by atoms with van der Waals surface area (Å²) in [5, 5.41) is 5.83. The van der Waals surface area contributed by atoms with E-state index in [-0.39, 0.29) is 11.5 Å². The Morgan fingerprint density at radius 2 is 1.85 bits per heavy atom. The Bertz CT molecular complexity index is 1170. The van der Waals surface area contributed by atoms with Gasteiger partial charge in [0.1, 0.15) is 0 Å². The molecule has 0 spiro atoms. The van der Waals surface area contributed by atoms with Crippen molar-refractivity contribution in [3.63, 3.8) is 0 Å². The molecular weight excluding hydrogens is 449 g/mol. The number of allylic oxidation sites excluding steroid dienone is 3. The molecule has 0 saturated heterocycles. The summed E-state index contributed by atoms with van der Waals surface area (Å²) in [7, 11) is 0. The Balaban J connectivity index is 1.74. The summed E-state index contributed by atoms with van der Waals surface area (Å²) < 4.78 is 39.4. The van der Waals surface area contributed by atoms with Gasteiger partial charge in [-0.1, -0.05) is 18.2 Å². The van der Waals surface area contributed by atoms with Gasteiger partial charge in [-0.2, -0.15) is 13.2 Å². The minimum absolute atomic E-state index is 0.0143. The predicted molar refractivity (Wildman–Crippen MR) is 123 cm³/mol. The summed E-state index contributed by atoms with van der Waals surface area (Å²) in [6.45, 7) is 1.76. The van der Waals surface area contributed by atoms with Gasteiger partial charge in [-0.05, 0) is 61.9 Å². The maximum absolute atomic E-state index is 13.4. The smallest absolute Gasteiger partial charge is 0.362 e. The van der Waals surface area contributed by atoms with Crippen LogP contribution in [0.1, 0.15) is 43.2 Å². The number of alkyl halides is 3. The highest BCUT2D eigenvalue weighted by Gasteiger charge is 2.38. The maximum Gasteiger partial charge on any atom is 0.416 e. The summed E-state index contributed by atoms with van der Waals surface area (Å²) in [5.41, 5.74) is 2.30. The molecule has 8 heteroatoms. The van der Waals surface area contributed by atoms with E-state index < -0.39 is 23.6 Å². The van der Waals surface area contributed by atoms with Crippen LogP contribution in [-0.4, -0.2) is 17.9 Å². The van der Waals surface area contributed by atoms with Gasteiger partial charge >= 0.3 is 6.18 Å². The van der Waals surface area contributed by atoms with Crippen molar-refractivity contribution < 1.29 is 22.8 Å². The van der Waals surface area contributed by atoms with Crippen LogP contribution in [0.3, 0.4) is 0 Å². The Kier molecular flexibility index (Phi) is 6.38. The van der Waals surface area contributed by atoms with Gasteiger partial charge in [-0.3, -0.25) is 9.59 Å². The summed E-state index contributed by atoms with van der Waals surface area (Å²) >= 11 is 1.59. The minimum atomic E-state index is -4.52. The summed E-state index contributed by atoms with van der Waals surface area (Å²) in [6, 6.07) is 12.2. The second kappa shape index (κ2) is 9.09. The number of nitrogens with one attached hydrogen (secondary N) is 2. The van der Waals surface area contributed by atoms with Crippen molar-refractivity contribution >= 4 is 29.1 Å². The van der Waals surface area contributed by atoms with E-state index >= 15 is 0 Å². The fourth-order valence-corrected chi connectivity index (χ4v) is 4.79. The fraction of sp³-hybridized carbons (Fsp3) is 0.280. The largest absolute Gasteiger partial charge is 0.416 e. The Hall–Kier alpha value is -3.00. The topological polar surface area (TPSA) is 58.2 Å². The van der Waals surface area contributed by atoms with Crippen LogP contribution in [0.5, 0.6) is 0 Å². The number of anilines is 1. The molecule has 33 heavy (non-hydrogen) atoms. The first-order valence-electron chi connectivity index (χ1n) is 10.6. The third kappa shape index (κ3) is 4.71. The average molecular weight is 473 g/mol. The van der Waals surface area contributed by atoms with Gasteiger partial charge in [0, 0.05) is 45.5 Å². The molecule has 2 aromatic rings. The maximum atomic E-state index is 13.4. The zero-order chi connectivity index (χ0) is 23.8. The summed E-state index contributed by atoms with van der Waals surface area (Å²) in [6.07, 6.45) is -0.704. The summed E-state index contributed by atoms with van der Waals surface area (Å²) in [5.74, 6) is -1.14. The van der Waals surface area contributed by atoms with Gasteiger partial charge in [0.2, 0.25) is 0 Å². The number of halogens is 3. The first kappa shape index (κ1) is 23.2. The van der Waals surface area contributed by atoms with Crippen molar-refractivity contribution in [1.29, 1.82) is 0 Å². The van der Waals surface area contributed by atoms with E-state index in [1.807, 2.05) is 30.5 Å². The molecular formula is C25H23F3N2O2S. The van der Waals surface area contributed by atoms with E-state index in [9.17, 15) is 22.8 Å². The molecule has 1 aliphatic carbocycles. The summed E-state index contributed by atoms with van der Waals surface area (Å²) in [4.78, 5) is 27.4. The number of carbonyl (C=O) groups is 2. The lowest BCUT2D eigenvalue weighted by Crippen LogP contribution is -2.35. The van der Waals surface area contributed by atoms with E-state index in [0.717, 1.165) is 34.7 Å². The Morgan fingerprint density at radius 3 is 2.52 bits per heavy atom. The second-order valence-corrected chi connectivity index (χ2v) is 8.95. The van der Waals surface area contributed by atoms with Crippen LogP contribution in [0, 0.1) is 0 Å². The van der Waals surface area contributed by atoms with Crippen molar-refractivity contribution in [2.45, 2.75) is 43.2 Å². The van der Waals surface area contributed by atoms with Crippen molar-refractivity contribution in [3.8, 4) is 0 Å². The van der Waals surface area contributed by atoms with Crippen LogP contribution >= 0.6 is 11.8 Å². The minimum Gasteiger partial charge on any atom is -0.362 e. The number of dihydropyridines is 1. The number of carbonyl (C=O) groups excluding carboxylic acids is 2. The molecule has 4 nitrogen and oxygen atoms in total. The number of Topliss-reactive ketones (excluding diaryl/α,β-unsaturated/α-hetero) is 1. The molecule has 0 aromatic heterocycles. The van der Waals surface area contributed by atoms with E-state index in [2.05, 4.69) is 10.6 Å². The van der Waals surface area contributed by atoms with Crippen LogP contribution in [0.15, 0.2) is 76.0 Å². The standard InChI is InChI=1S/C25H23F3N2O2S/c1-14-21(24(32)30-17-6-3-5-16(13-17)25(26,27)28)22(15-9-11-18(33-2)12-10-15)23-19(29-14)7-4-8-20(23)31/h3,5-6,9-13,22,29H,4,7-8H2,1-2H3,(H,30,32). The fourth-order valence-electron chi connectivity index (χ4n) is 4.39. The van der Waals surface area contributed by atoms with E-state index in [1.165, 1.54) is 12.1 Å². The first-order chi connectivity index (χ1) is 15.7. The van der Waals surface area contributed by atoms with Crippen LogP contribution in [-0.2, 0) is 15.8 Å². The molecule has 2 N–H and O–H groups in total. The Morgan fingerprint density at radius 1 is 1.12 bits per heavy atom. The monoisotopic (exact) mass is 472 g/mol. The average Bonchev–Trinajstić information content (AvgIpc) is 2.78. The van der Waals surface area contributed by atoms with Crippen molar-refractivity contribution in [3.05, 3.63) is 82.2 Å². The van der Waals surface area contributed by atoms with E-state index in [4.69, 9.17) is 0 Å². The lowest BCUT2D eigenvalue weighted by atomic mass is 9.75. The highest BCUT2D eigenvalue weighted by molar-refractivity contribution is 7.98. The normalized spacial score (nSPS) is 18.7. The molecule has 0 radical (unpaired) electrons. The van der Waals surface area contributed by atoms with Crippen molar-refractivity contribution in [1.82, 2.24) is 5.32 Å². The molecule has 2 aromatic carbocycles. The molecule has 0 fully saturated rings. The van der Waals surface area contributed by atoms with Gasteiger partial charge < -0.3 is 10.6 Å². The molecule has 1 atom stereocenters. The SMILES string of the molecule is CSc1ccc(C2C(C(=O)Nc3cccc(C(F)(F)F)c3)=C(C)NC3=C2C(=O)CCC3)cc1. The first-order valence-corrected chi connectivity index (χ1v) is 11.8. The van der Waals surface area contributed by atoms with E-state index in [1.54, 1.807) is 18.7 Å². The molecule has 1 unspecified atom stereocenters. The molecule has 172 valence electrons. The van der Waals surface area contributed by atoms with Gasteiger partial charge in [0.15, 0.2) is 5.78 Å². The van der Waals surface area contributed by atoms with Gasteiger partial charge in [-0.25, -0.2) is 0 Å². The van der Waals surface area contributed by atoms with Crippen LogP contribution < -0.4 is 10.6 Å². The molecule has 1 aliphatic heterocycles. The Labute approximate surface area is 194 Å². The number of benzene rings is 2. The molecule has 2 aliphatic rings. The second-order valence-electron chi connectivity index (χ2n) is 8.07. The molecule has 0 saturated carbocycles. The van der Waals surface area contributed by atoms with Gasteiger partial charge in [-0.15, -0.1) is 11.8 Å².